The number of hydrogen-bond acceptors (Lipinski definition) is 1. The van der Waals surface area contributed by atoms with E-state index in [1.54, 1.807) is 0 Å². The zero-order valence-corrected chi connectivity index (χ0v) is 22.8. The summed E-state index contributed by atoms with van der Waals surface area (Å²) in [7, 11) is 0. The molecule has 3 aromatic heterocycles. The van der Waals surface area contributed by atoms with E-state index in [4.69, 9.17) is 4.98 Å². The minimum Gasteiger partial charge on any atom is -0.309 e. The molecule has 0 bridgehead atoms. The predicted octanol–water partition coefficient (Wildman–Crippen LogP) is 10.1. The topological polar surface area (TPSA) is 22.8 Å². The Morgan fingerprint density at radius 2 is 0.952 bits per heavy atom. The van der Waals surface area contributed by atoms with Crippen LogP contribution in [0.5, 0.6) is 0 Å². The predicted molar refractivity (Wildman–Crippen MR) is 176 cm³/mol. The first kappa shape index (κ1) is 23.1. The summed E-state index contributed by atoms with van der Waals surface area (Å²) in [5, 5.41) is 5.95. The van der Waals surface area contributed by atoms with Crippen LogP contribution in [0.25, 0.3) is 77.0 Å². The molecule has 0 saturated heterocycles. The molecule has 3 heterocycles. The van der Waals surface area contributed by atoms with Crippen LogP contribution in [0.3, 0.4) is 0 Å². The normalized spacial score (nSPS) is 11.8. The molecule has 9 aromatic rings. The van der Waals surface area contributed by atoms with Crippen LogP contribution in [0.1, 0.15) is 0 Å². The highest BCUT2D eigenvalue weighted by atomic mass is 15.0. The first-order valence-corrected chi connectivity index (χ1v) is 14.3. The van der Waals surface area contributed by atoms with Crippen molar-refractivity contribution in [2.45, 2.75) is 0 Å². The fraction of sp³-hybridized carbons (Fsp3) is 0. The molecule has 6 aromatic carbocycles. The van der Waals surface area contributed by atoms with Gasteiger partial charge in [0.05, 0.1) is 27.6 Å². The lowest BCUT2D eigenvalue weighted by atomic mass is 10.0. The summed E-state index contributed by atoms with van der Waals surface area (Å²) in [5.41, 5.74) is 10.3. The van der Waals surface area contributed by atoms with E-state index in [0.29, 0.717) is 0 Å². The summed E-state index contributed by atoms with van der Waals surface area (Å²) < 4.78 is 4.79. The molecule has 42 heavy (non-hydrogen) atoms. The van der Waals surface area contributed by atoms with Crippen molar-refractivity contribution >= 4 is 54.5 Å². The van der Waals surface area contributed by atoms with Crippen LogP contribution in [0.15, 0.2) is 152 Å². The van der Waals surface area contributed by atoms with Gasteiger partial charge in [0.2, 0.25) is 0 Å². The van der Waals surface area contributed by atoms with Gasteiger partial charge >= 0.3 is 0 Å². The minimum atomic E-state index is 1.00. The molecule has 196 valence electrons. The van der Waals surface area contributed by atoms with Crippen molar-refractivity contribution in [3.05, 3.63) is 152 Å². The van der Waals surface area contributed by atoms with E-state index in [1.165, 1.54) is 43.8 Å². The Bertz CT molecular complexity index is 2450. The second-order valence-corrected chi connectivity index (χ2v) is 10.8. The summed E-state index contributed by atoms with van der Waals surface area (Å²) in [4.78, 5) is 5.22. The molecule has 9 rings (SSSR count). The van der Waals surface area contributed by atoms with E-state index in [9.17, 15) is 0 Å². The van der Waals surface area contributed by atoms with Crippen molar-refractivity contribution in [2.24, 2.45) is 0 Å². The largest absolute Gasteiger partial charge is 0.309 e. The van der Waals surface area contributed by atoms with Crippen molar-refractivity contribution in [3.63, 3.8) is 0 Å². The number of benzene rings is 6. The number of hydrogen-bond donors (Lipinski definition) is 0. The van der Waals surface area contributed by atoms with Gasteiger partial charge < -0.3 is 9.13 Å². The number of rotatable bonds is 3. The van der Waals surface area contributed by atoms with Crippen LogP contribution in [-0.4, -0.2) is 14.1 Å². The van der Waals surface area contributed by atoms with Gasteiger partial charge in [-0.2, -0.15) is 0 Å². The highest BCUT2D eigenvalue weighted by Crippen LogP contribution is 2.41. The minimum absolute atomic E-state index is 1.00. The molecule has 0 aliphatic rings. The average molecular weight is 536 g/mol. The SMILES string of the molecule is c1ccc(-c2cccc(-n3c4ccccc4c4ccc5c(ncc6c7ccccc7n(-c7ccccc7)c65)c43)c2)cc1. The number of pyridine rings is 1. The molecule has 0 fully saturated rings. The van der Waals surface area contributed by atoms with Crippen LogP contribution in [-0.2, 0) is 0 Å². The van der Waals surface area contributed by atoms with Crippen LogP contribution in [0, 0.1) is 0 Å². The molecule has 0 aliphatic heterocycles. The van der Waals surface area contributed by atoms with E-state index < -0.39 is 0 Å². The van der Waals surface area contributed by atoms with Crippen LogP contribution in [0.4, 0.5) is 0 Å². The molecule has 0 spiro atoms. The fourth-order valence-electron chi connectivity index (χ4n) is 6.72. The van der Waals surface area contributed by atoms with E-state index in [-0.39, 0.29) is 0 Å². The first-order chi connectivity index (χ1) is 20.9. The zero-order valence-electron chi connectivity index (χ0n) is 22.8. The van der Waals surface area contributed by atoms with E-state index in [0.717, 1.165) is 33.2 Å². The van der Waals surface area contributed by atoms with Crippen molar-refractivity contribution in [1.29, 1.82) is 0 Å². The van der Waals surface area contributed by atoms with Crippen LogP contribution >= 0.6 is 0 Å². The van der Waals surface area contributed by atoms with Gasteiger partial charge in [0.25, 0.3) is 0 Å². The summed E-state index contributed by atoms with van der Waals surface area (Å²) in [6.45, 7) is 0. The second kappa shape index (κ2) is 8.92. The summed E-state index contributed by atoms with van der Waals surface area (Å²) in [5.74, 6) is 0. The third kappa shape index (κ3) is 3.25. The zero-order chi connectivity index (χ0) is 27.6. The molecule has 0 unspecified atom stereocenters. The van der Waals surface area contributed by atoms with Gasteiger partial charge in [-0.25, -0.2) is 0 Å². The van der Waals surface area contributed by atoms with E-state index in [1.807, 2.05) is 0 Å². The standard InChI is InChI=1S/C39H25N3/c1-3-12-26(13-4-1)27-14-11-17-29(24-27)42-35-20-9-7-18-30(35)32-22-23-33-37(39(32)42)40-25-34-31-19-8-10-21-36(31)41(38(33)34)28-15-5-2-6-16-28/h1-25H. The third-order valence-electron chi connectivity index (χ3n) is 8.53. The van der Waals surface area contributed by atoms with Gasteiger partial charge in [-0.05, 0) is 53.6 Å². The van der Waals surface area contributed by atoms with Gasteiger partial charge in [-0.3, -0.25) is 4.98 Å². The van der Waals surface area contributed by atoms with Crippen LogP contribution < -0.4 is 0 Å². The lowest BCUT2D eigenvalue weighted by Crippen LogP contribution is -1.97. The second-order valence-electron chi connectivity index (χ2n) is 10.8. The van der Waals surface area contributed by atoms with Gasteiger partial charge in [-0.15, -0.1) is 0 Å². The van der Waals surface area contributed by atoms with Gasteiger partial charge in [0.15, 0.2) is 0 Å². The number of aromatic nitrogens is 3. The molecule has 0 saturated carbocycles. The highest BCUT2D eigenvalue weighted by molar-refractivity contribution is 6.24. The quantitative estimate of drug-likeness (QED) is 0.221. The lowest BCUT2D eigenvalue weighted by Gasteiger charge is -2.13. The molecule has 0 aliphatic carbocycles. The van der Waals surface area contributed by atoms with Gasteiger partial charge in [-0.1, -0.05) is 103 Å². The number of para-hydroxylation sites is 3. The number of fused-ring (bicyclic) bond motifs is 9. The summed E-state index contributed by atoms with van der Waals surface area (Å²) in [6.07, 6.45) is 2.07. The average Bonchev–Trinajstić information content (AvgIpc) is 3.59. The Morgan fingerprint density at radius 3 is 1.71 bits per heavy atom. The van der Waals surface area contributed by atoms with Crippen molar-refractivity contribution in [3.8, 4) is 22.5 Å². The molecule has 0 atom stereocenters. The van der Waals surface area contributed by atoms with Crippen molar-refractivity contribution < 1.29 is 0 Å². The summed E-state index contributed by atoms with van der Waals surface area (Å²) in [6, 6.07) is 52.0. The molecule has 0 radical (unpaired) electrons. The smallest absolute Gasteiger partial charge is 0.0970 e. The molecule has 3 heteroatoms. The molecular formula is C39H25N3. The van der Waals surface area contributed by atoms with E-state index >= 15 is 0 Å². The first-order valence-electron chi connectivity index (χ1n) is 14.3. The maximum Gasteiger partial charge on any atom is 0.0970 e. The van der Waals surface area contributed by atoms with Crippen LogP contribution in [0.2, 0.25) is 0 Å². The third-order valence-corrected chi connectivity index (χ3v) is 8.53. The Kier molecular flexibility index (Phi) is 4.90. The Morgan fingerprint density at radius 1 is 0.381 bits per heavy atom. The van der Waals surface area contributed by atoms with Gasteiger partial charge in [0, 0.05) is 44.5 Å². The monoisotopic (exact) mass is 535 g/mol. The molecular weight excluding hydrogens is 510 g/mol. The van der Waals surface area contributed by atoms with Crippen molar-refractivity contribution in [2.75, 3.05) is 0 Å². The maximum absolute atomic E-state index is 5.22. The summed E-state index contributed by atoms with van der Waals surface area (Å²) >= 11 is 0. The molecule has 0 amide bonds. The Balaban J connectivity index is 1.44. The molecule has 0 N–H and O–H groups in total. The molecule has 3 nitrogen and oxygen atoms in total. The number of nitrogens with zero attached hydrogens (tertiary/aromatic N) is 3. The van der Waals surface area contributed by atoms with Gasteiger partial charge in [0.1, 0.15) is 0 Å². The fourth-order valence-corrected chi connectivity index (χ4v) is 6.72. The Hall–Kier alpha value is -5.67. The lowest BCUT2D eigenvalue weighted by molar-refractivity contribution is 1.18. The van der Waals surface area contributed by atoms with E-state index in [2.05, 4.69) is 161 Å². The Labute approximate surface area is 242 Å². The highest BCUT2D eigenvalue weighted by Gasteiger charge is 2.20. The van der Waals surface area contributed by atoms with Crippen molar-refractivity contribution in [1.82, 2.24) is 14.1 Å². The maximum atomic E-state index is 5.22.